The average molecular weight is 793 g/mol. The van der Waals surface area contributed by atoms with Crippen molar-refractivity contribution in [3.8, 4) is 5.69 Å². The highest BCUT2D eigenvalue weighted by atomic mass is 28.3. The van der Waals surface area contributed by atoms with Crippen LogP contribution in [0.3, 0.4) is 0 Å². The Hall–Kier alpha value is -7.72. The molecule has 2 nitrogen and oxygen atoms in total. The van der Waals surface area contributed by atoms with E-state index in [1.807, 2.05) is 0 Å². The summed E-state index contributed by atoms with van der Waals surface area (Å²) in [5.41, 5.74) is 6.89. The summed E-state index contributed by atoms with van der Waals surface area (Å²) in [7, 11) is -2.71. The molecule has 1 heterocycles. The normalized spacial score (nSPS) is 11.9. The molecule has 0 amide bonds. The van der Waals surface area contributed by atoms with E-state index in [2.05, 4.69) is 252 Å². The quantitative estimate of drug-likeness (QED) is 0.0845. The topological polar surface area (TPSA) is 8.17 Å². The highest BCUT2D eigenvalue weighted by molar-refractivity contribution is 7.19. The highest BCUT2D eigenvalue weighted by Crippen LogP contribution is 2.43. The van der Waals surface area contributed by atoms with Gasteiger partial charge in [-0.1, -0.05) is 182 Å². The third kappa shape index (κ3) is 5.55. The van der Waals surface area contributed by atoms with Crippen molar-refractivity contribution in [2.45, 2.75) is 0 Å². The maximum Gasteiger partial charge on any atom is 0.179 e. The molecule has 0 unspecified atom stereocenters. The monoisotopic (exact) mass is 792 g/mol. The molecule has 0 aliphatic heterocycles. The van der Waals surface area contributed by atoms with Crippen molar-refractivity contribution in [3.63, 3.8) is 0 Å². The number of para-hydroxylation sites is 2. The van der Waals surface area contributed by atoms with Crippen LogP contribution in [0.1, 0.15) is 0 Å². The third-order valence-corrected chi connectivity index (χ3v) is 17.6. The van der Waals surface area contributed by atoms with E-state index in [0.717, 1.165) is 22.7 Å². The first-order valence-electron chi connectivity index (χ1n) is 21.1. The van der Waals surface area contributed by atoms with Crippen LogP contribution in [0.2, 0.25) is 0 Å². The van der Waals surface area contributed by atoms with Crippen molar-refractivity contribution in [2.75, 3.05) is 4.90 Å². The van der Waals surface area contributed by atoms with E-state index in [9.17, 15) is 0 Å². The molecular formula is C58H40N2Si. The van der Waals surface area contributed by atoms with Gasteiger partial charge in [-0.05, 0) is 114 Å². The number of nitrogens with zero attached hydrogens (tertiary/aromatic N) is 2. The standard InChI is InChI=1S/C58H40N2Si/c1-5-18-45(19-6-1)60-55-27-14-13-26-53(55)54-40-47(34-37-56(54)60)59(48-38-43-30-28-41-16-15-17-42-29-31-44(39-48)58(43)57(41)42)46-32-35-52(36-33-46)61(49-20-7-2-8-21-49,50-22-9-3-10-23-50)51-24-11-4-12-25-51/h1-40H. The van der Waals surface area contributed by atoms with Gasteiger partial charge in [0, 0.05) is 33.5 Å². The van der Waals surface area contributed by atoms with Crippen LogP contribution in [0.5, 0.6) is 0 Å². The van der Waals surface area contributed by atoms with Crippen LogP contribution in [0.15, 0.2) is 243 Å². The maximum atomic E-state index is 2.46. The van der Waals surface area contributed by atoms with Crippen LogP contribution in [0, 0.1) is 0 Å². The zero-order valence-electron chi connectivity index (χ0n) is 33.5. The lowest BCUT2D eigenvalue weighted by atomic mass is 9.93. The average Bonchev–Trinajstić information content (AvgIpc) is 3.66. The Morgan fingerprint density at radius 1 is 0.295 bits per heavy atom. The minimum absolute atomic E-state index is 1.11. The van der Waals surface area contributed by atoms with Crippen LogP contribution in [-0.2, 0) is 0 Å². The first-order valence-corrected chi connectivity index (χ1v) is 23.1. The molecule has 0 saturated carbocycles. The Morgan fingerprint density at radius 3 is 1.34 bits per heavy atom. The van der Waals surface area contributed by atoms with Gasteiger partial charge < -0.3 is 9.47 Å². The van der Waals surface area contributed by atoms with E-state index in [-0.39, 0.29) is 0 Å². The summed E-state index contributed by atoms with van der Waals surface area (Å²) < 4.78 is 2.39. The minimum Gasteiger partial charge on any atom is -0.310 e. The third-order valence-electron chi connectivity index (χ3n) is 12.8. The molecule has 0 aliphatic carbocycles. The fourth-order valence-electron chi connectivity index (χ4n) is 10.2. The van der Waals surface area contributed by atoms with Crippen LogP contribution < -0.4 is 25.6 Å². The lowest BCUT2D eigenvalue weighted by Crippen LogP contribution is -2.74. The molecular weight excluding hydrogens is 753 g/mol. The van der Waals surface area contributed by atoms with Crippen molar-refractivity contribution in [3.05, 3.63) is 243 Å². The van der Waals surface area contributed by atoms with Crippen LogP contribution in [0.4, 0.5) is 17.1 Å². The molecule has 0 aliphatic rings. The van der Waals surface area contributed by atoms with Gasteiger partial charge in [0.05, 0.1) is 11.0 Å². The van der Waals surface area contributed by atoms with Gasteiger partial charge in [0.25, 0.3) is 0 Å². The van der Waals surface area contributed by atoms with Crippen molar-refractivity contribution in [1.82, 2.24) is 4.57 Å². The molecule has 1 aromatic heterocycles. The smallest absolute Gasteiger partial charge is 0.179 e. The summed E-state index contributed by atoms with van der Waals surface area (Å²) in [6, 6.07) is 90.1. The van der Waals surface area contributed by atoms with Crippen molar-refractivity contribution < 1.29 is 0 Å². The number of hydrogen-bond donors (Lipinski definition) is 0. The molecule has 286 valence electrons. The SMILES string of the molecule is c1ccc(-n2c3ccccc3c3cc(N(c4ccc([Si](c5ccccc5)(c5ccccc5)c5ccccc5)cc4)c4cc5ccc6cccc7ccc(c4)c5c67)ccc32)cc1. The molecule has 0 saturated heterocycles. The highest BCUT2D eigenvalue weighted by Gasteiger charge is 2.41. The van der Waals surface area contributed by atoms with E-state index in [1.54, 1.807) is 0 Å². The maximum absolute atomic E-state index is 2.71. The lowest BCUT2D eigenvalue weighted by molar-refractivity contribution is 1.18. The number of anilines is 3. The van der Waals surface area contributed by atoms with Gasteiger partial charge in [-0.15, -0.1) is 0 Å². The molecule has 0 fully saturated rings. The summed E-state index contributed by atoms with van der Waals surface area (Å²) in [5.74, 6) is 0. The Morgan fingerprint density at radius 2 is 0.754 bits per heavy atom. The predicted molar refractivity (Wildman–Crippen MR) is 263 cm³/mol. The molecule has 0 bridgehead atoms. The van der Waals surface area contributed by atoms with Gasteiger partial charge in [0.2, 0.25) is 0 Å². The summed E-state index contributed by atoms with van der Waals surface area (Å²) in [6.07, 6.45) is 0. The fourth-order valence-corrected chi connectivity index (χ4v) is 14.9. The van der Waals surface area contributed by atoms with Gasteiger partial charge in [-0.2, -0.15) is 0 Å². The Bertz CT molecular complexity index is 3350. The second kappa shape index (κ2) is 14.2. The molecule has 61 heavy (non-hydrogen) atoms. The Kier molecular flexibility index (Phi) is 8.22. The van der Waals surface area contributed by atoms with Gasteiger partial charge in [0.15, 0.2) is 8.07 Å². The van der Waals surface area contributed by atoms with Gasteiger partial charge in [-0.25, -0.2) is 0 Å². The minimum atomic E-state index is -2.71. The first kappa shape index (κ1) is 35.2. The summed E-state index contributed by atoms with van der Waals surface area (Å²) in [4.78, 5) is 2.46. The molecule has 11 aromatic carbocycles. The number of rotatable bonds is 8. The largest absolute Gasteiger partial charge is 0.310 e. The van der Waals surface area contributed by atoms with E-state index < -0.39 is 8.07 Å². The molecule has 0 N–H and O–H groups in total. The van der Waals surface area contributed by atoms with Crippen molar-refractivity contribution >= 4 is 100 Å². The Balaban J connectivity index is 1.10. The number of aromatic nitrogens is 1. The lowest BCUT2D eigenvalue weighted by Gasteiger charge is -2.35. The van der Waals surface area contributed by atoms with Gasteiger partial charge >= 0.3 is 0 Å². The number of hydrogen-bond acceptors (Lipinski definition) is 1. The van der Waals surface area contributed by atoms with E-state index in [0.29, 0.717) is 0 Å². The van der Waals surface area contributed by atoms with E-state index >= 15 is 0 Å². The second-order valence-electron chi connectivity index (χ2n) is 16.1. The zero-order chi connectivity index (χ0) is 40.3. The number of fused-ring (bicyclic) bond motifs is 3. The zero-order valence-corrected chi connectivity index (χ0v) is 34.5. The van der Waals surface area contributed by atoms with Crippen LogP contribution >= 0.6 is 0 Å². The summed E-state index contributed by atoms with van der Waals surface area (Å²) in [6.45, 7) is 0. The van der Waals surface area contributed by atoms with Crippen molar-refractivity contribution in [1.29, 1.82) is 0 Å². The molecule has 3 heteroatoms. The first-order chi connectivity index (χ1) is 30.3. The van der Waals surface area contributed by atoms with E-state index in [4.69, 9.17) is 0 Å². The molecule has 12 aromatic rings. The summed E-state index contributed by atoms with van der Waals surface area (Å²) >= 11 is 0. The molecule has 0 atom stereocenters. The molecule has 0 spiro atoms. The molecule has 0 radical (unpaired) electrons. The molecule has 12 rings (SSSR count). The van der Waals surface area contributed by atoms with Crippen LogP contribution in [0.25, 0.3) is 59.8 Å². The van der Waals surface area contributed by atoms with E-state index in [1.165, 1.54) is 74.9 Å². The number of benzene rings is 11. The van der Waals surface area contributed by atoms with Gasteiger partial charge in [-0.3, -0.25) is 0 Å². The fraction of sp³-hybridized carbons (Fsp3) is 0. The van der Waals surface area contributed by atoms with Crippen LogP contribution in [-0.4, -0.2) is 12.6 Å². The predicted octanol–water partition coefficient (Wildman–Crippen LogP) is 12.5. The van der Waals surface area contributed by atoms with Gasteiger partial charge in [0.1, 0.15) is 0 Å². The van der Waals surface area contributed by atoms with Crippen molar-refractivity contribution in [2.24, 2.45) is 0 Å². The summed E-state index contributed by atoms with van der Waals surface area (Å²) in [5, 5.41) is 15.6. The second-order valence-corrected chi connectivity index (χ2v) is 19.9. The Labute approximate surface area is 356 Å².